The van der Waals surface area contributed by atoms with Crippen LogP contribution in [0.15, 0.2) is 24.5 Å². The van der Waals surface area contributed by atoms with Gasteiger partial charge in [0.1, 0.15) is 5.82 Å². The topological polar surface area (TPSA) is 93.7 Å². The van der Waals surface area contributed by atoms with Crippen molar-refractivity contribution >= 4 is 17.8 Å². The number of alkyl halides is 3. The highest BCUT2D eigenvalue weighted by Gasteiger charge is 2.34. The van der Waals surface area contributed by atoms with Gasteiger partial charge in [-0.2, -0.15) is 13.2 Å². The first-order chi connectivity index (χ1) is 15.0. The number of nitrogens with one attached hydrogen (secondary N) is 1. The molecule has 1 aliphatic rings. The summed E-state index contributed by atoms with van der Waals surface area (Å²) in [7, 11) is 0. The van der Waals surface area contributed by atoms with E-state index in [4.69, 9.17) is 9.47 Å². The van der Waals surface area contributed by atoms with Crippen LogP contribution in [-0.4, -0.2) is 45.8 Å². The Hall–Kier alpha value is -3.37. The minimum atomic E-state index is -4.46. The number of anilines is 1. The van der Waals surface area contributed by atoms with Gasteiger partial charge in [0.2, 0.25) is 5.88 Å². The highest BCUT2D eigenvalue weighted by atomic mass is 19.4. The van der Waals surface area contributed by atoms with Crippen LogP contribution < -0.4 is 10.1 Å². The number of hydrogen-bond donors (Lipinski definition) is 1. The molecule has 1 atom stereocenters. The zero-order valence-corrected chi connectivity index (χ0v) is 18.0. The molecule has 0 bridgehead atoms. The SMILES string of the molecule is Cc1cc(C(C)N2Cc3c(ccnc3NC(=O)OC(C)C)C2=O)cnc1OCC(F)(F)F. The summed E-state index contributed by atoms with van der Waals surface area (Å²) >= 11 is 0. The molecular weight excluding hydrogens is 429 g/mol. The first kappa shape index (κ1) is 23.3. The smallest absolute Gasteiger partial charge is 0.422 e. The number of hydrogen-bond acceptors (Lipinski definition) is 6. The van der Waals surface area contributed by atoms with Crippen molar-refractivity contribution in [2.24, 2.45) is 0 Å². The lowest BCUT2D eigenvalue weighted by Crippen LogP contribution is -2.27. The van der Waals surface area contributed by atoms with Gasteiger partial charge in [0.05, 0.1) is 18.7 Å². The summed E-state index contributed by atoms with van der Waals surface area (Å²) in [6, 6.07) is 2.77. The number of carbonyl (C=O) groups excluding carboxylic acids is 2. The van der Waals surface area contributed by atoms with E-state index in [1.54, 1.807) is 44.7 Å². The molecule has 1 aliphatic heterocycles. The number of halogens is 3. The predicted molar refractivity (Wildman–Crippen MR) is 108 cm³/mol. The number of amides is 2. The van der Waals surface area contributed by atoms with Crippen molar-refractivity contribution in [2.75, 3.05) is 11.9 Å². The van der Waals surface area contributed by atoms with Crippen LogP contribution in [0.25, 0.3) is 0 Å². The second-order valence-electron chi connectivity index (χ2n) is 7.67. The molecule has 3 rings (SSSR count). The molecule has 0 aromatic carbocycles. The minimum Gasteiger partial charge on any atom is -0.468 e. The maximum Gasteiger partial charge on any atom is 0.422 e. The largest absolute Gasteiger partial charge is 0.468 e. The van der Waals surface area contributed by atoms with E-state index < -0.39 is 24.9 Å². The van der Waals surface area contributed by atoms with Gasteiger partial charge in [-0.1, -0.05) is 0 Å². The van der Waals surface area contributed by atoms with E-state index in [9.17, 15) is 22.8 Å². The van der Waals surface area contributed by atoms with E-state index in [0.717, 1.165) is 0 Å². The summed E-state index contributed by atoms with van der Waals surface area (Å²) in [5, 5.41) is 2.56. The van der Waals surface area contributed by atoms with Crippen LogP contribution in [0, 0.1) is 6.92 Å². The summed E-state index contributed by atoms with van der Waals surface area (Å²) in [6.07, 6.45) is -2.64. The van der Waals surface area contributed by atoms with E-state index in [1.165, 1.54) is 12.4 Å². The Labute approximate surface area is 182 Å². The zero-order chi connectivity index (χ0) is 23.6. The maximum atomic E-state index is 13.0. The number of aromatic nitrogens is 2. The van der Waals surface area contributed by atoms with Crippen molar-refractivity contribution in [3.05, 3.63) is 46.8 Å². The molecule has 11 heteroatoms. The van der Waals surface area contributed by atoms with E-state index in [2.05, 4.69) is 15.3 Å². The lowest BCUT2D eigenvalue weighted by atomic mass is 10.1. The molecular formula is C21H23F3N4O4. The van der Waals surface area contributed by atoms with Crippen LogP contribution in [0.1, 0.15) is 53.9 Å². The predicted octanol–water partition coefficient (Wildman–Crippen LogP) is 4.40. The van der Waals surface area contributed by atoms with E-state index >= 15 is 0 Å². The van der Waals surface area contributed by atoms with Crippen LogP contribution in [-0.2, 0) is 11.3 Å². The Morgan fingerprint density at radius 1 is 1.28 bits per heavy atom. The van der Waals surface area contributed by atoms with Gasteiger partial charge in [-0.15, -0.1) is 0 Å². The molecule has 2 amide bonds. The van der Waals surface area contributed by atoms with Gasteiger partial charge in [-0.3, -0.25) is 10.1 Å². The fourth-order valence-electron chi connectivity index (χ4n) is 3.30. The van der Waals surface area contributed by atoms with Crippen LogP contribution >= 0.6 is 0 Å². The fourth-order valence-corrected chi connectivity index (χ4v) is 3.30. The number of ether oxygens (including phenoxy) is 2. The zero-order valence-electron chi connectivity index (χ0n) is 18.0. The van der Waals surface area contributed by atoms with Crippen LogP contribution in [0.3, 0.4) is 0 Å². The fraction of sp³-hybridized carbons (Fsp3) is 0.429. The van der Waals surface area contributed by atoms with Gasteiger partial charge in [0.15, 0.2) is 6.61 Å². The normalized spacial score (nSPS) is 14.4. The second-order valence-corrected chi connectivity index (χ2v) is 7.67. The molecule has 0 aliphatic carbocycles. The summed E-state index contributed by atoms with van der Waals surface area (Å²) in [5.74, 6) is -0.139. The van der Waals surface area contributed by atoms with Crippen molar-refractivity contribution in [1.82, 2.24) is 14.9 Å². The quantitative estimate of drug-likeness (QED) is 0.698. The number of aryl methyl sites for hydroxylation is 1. The van der Waals surface area contributed by atoms with Gasteiger partial charge in [0.25, 0.3) is 5.91 Å². The van der Waals surface area contributed by atoms with Crippen molar-refractivity contribution < 1.29 is 32.2 Å². The molecule has 172 valence electrons. The van der Waals surface area contributed by atoms with Crippen LogP contribution in [0.4, 0.5) is 23.8 Å². The average molecular weight is 452 g/mol. The van der Waals surface area contributed by atoms with Crippen molar-refractivity contribution in [1.29, 1.82) is 0 Å². The molecule has 3 heterocycles. The second kappa shape index (κ2) is 9.01. The molecule has 32 heavy (non-hydrogen) atoms. The molecule has 0 saturated carbocycles. The molecule has 0 radical (unpaired) electrons. The first-order valence-electron chi connectivity index (χ1n) is 9.89. The summed E-state index contributed by atoms with van der Waals surface area (Å²) in [6.45, 7) is 5.55. The highest BCUT2D eigenvalue weighted by Crippen LogP contribution is 2.34. The van der Waals surface area contributed by atoms with Gasteiger partial charge in [-0.05, 0) is 45.4 Å². The number of pyridine rings is 2. The van der Waals surface area contributed by atoms with E-state index in [0.29, 0.717) is 22.3 Å². The molecule has 2 aromatic heterocycles. The van der Waals surface area contributed by atoms with Crippen LogP contribution in [0.2, 0.25) is 0 Å². The Morgan fingerprint density at radius 3 is 2.62 bits per heavy atom. The number of rotatable bonds is 6. The summed E-state index contributed by atoms with van der Waals surface area (Å²) in [5.41, 5.74) is 2.01. The van der Waals surface area contributed by atoms with Crippen molar-refractivity contribution in [3.8, 4) is 5.88 Å². The first-order valence-corrected chi connectivity index (χ1v) is 9.89. The number of fused-ring (bicyclic) bond motifs is 1. The standard InChI is InChI=1S/C21H23F3N4O4/c1-11(2)32-20(30)27-17-16-9-28(19(29)15(16)5-6-25-17)13(4)14-7-12(3)18(26-8-14)31-10-21(22,23)24/h5-8,11,13H,9-10H2,1-4H3,(H,25,27,30). The monoisotopic (exact) mass is 452 g/mol. The average Bonchev–Trinajstić information content (AvgIpc) is 3.03. The lowest BCUT2D eigenvalue weighted by Gasteiger charge is -2.25. The Morgan fingerprint density at radius 2 is 2.00 bits per heavy atom. The molecule has 1 unspecified atom stereocenters. The number of carbonyl (C=O) groups is 2. The minimum absolute atomic E-state index is 0.117. The van der Waals surface area contributed by atoms with E-state index in [1.807, 2.05) is 0 Å². The molecule has 0 saturated heterocycles. The lowest BCUT2D eigenvalue weighted by molar-refractivity contribution is -0.154. The molecule has 1 N–H and O–H groups in total. The third-order valence-electron chi connectivity index (χ3n) is 4.81. The third-order valence-corrected chi connectivity index (χ3v) is 4.81. The highest BCUT2D eigenvalue weighted by molar-refractivity contribution is 6.01. The molecule has 0 spiro atoms. The van der Waals surface area contributed by atoms with Gasteiger partial charge in [0, 0.05) is 29.1 Å². The number of nitrogens with zero attached hydrogens (tertiary/aromatic N) is 3. The van der Waals surface area contributed by atoms with E-state index in [-0.39, 0.29) is 30.3 Å². The Bertz CT molecular complexity index is 1030. The molecule has 0 fully saturated rings. The van der Waals surface area contributed by atoms with Gasteiger partial charge in [-0.25, -0.2) is 14.8 Å². The Kier molecular flexibility index (Phi) is 6.56. The van der Waals surface area contributed by atoms with Gasteiger partial charge < -0.3 is 14.4 Å². The van der Waals surface area contributed by atoms with Crippen molar-refractivity contribution in [3.63, 3.8) is 0 Å². The Balaban J connectivity index is 1.77. The van der Waals surface area contributed by atoms with Crippen LogP contribution in [0.5, 0.6) is 5.88 Å². The maximum absolute atomic E-state index is 13.0. The molecule has 8 nitrogen and oxygen atoms in total. The summed E-state index contributed by atoms with van der Waals surface area (Å²) in [4.78, 5) is 34.6. The van der Waals surface area contributed by atoms with Gasteiger partial charge >= 0.3 is 12.3 Å². The van der Waals surface area contributed by atoms with Crippen molar-refractivity contribution in [2.45, 2.75) is 52.6 Å². The molecule has 2 aromatic rings. The summed E-state index contributed by atoms with van der Waals surface area (Å²) < 4.78 is 47.0. The third kappa shape index (κ3) is 5.27.